The first-order chi connectivity index (χ1) is 16.3. The fourth-order valence-electron chi connectivity index (χ4n) is 4.30. The molecule has 4 aromatic rings. The molecule has 9 nitrogen and oxygen atoms in total. The van der Waals surface area contributed by atoms with Gasteiger partial charge in [0.1, 0.15) is 17.4 Å². The highest BCUT2D eigenvalue weighted by Gasteiger charge is 2.32. The van der Waals surface area contributed by atoms with Crippen LogP contribution in [0.15, 0.2) is 48.9 Å². The Kier molecular flexibility index (Phi) is 5.50. The summed E-state index contributed by atoms with van der Waals surface area (Å²) >= 11 is 0. The summed E-state index contributed by atoms with van der Waals surface area (Å²) in [6.45, 7) is 3.02. The van der Waals surface area contributed by atoms with Crippen LogP contribution in [0.1, 0.15) is 6.92 Å². The number of nitrogens with one attached hydrogen (secondary N) is 1. The highest BCUT2D eigenvalue weighted by atomic mass is 19.1. The van der Waals surface area contributed by atoms with Crippen LogP contribution in [0.2, 0.25) is 0 Å². The number of phenolic OH excluding ortho intramolecular Hbond substituents is 1. The molecular formula is C23H23F2N7O2. The van der Waals surface area contributed by atoms with E-state index in [0.29, 0.717) is 30.2 Å². The molecule has 3 aromatic heterocycles. The van der Waals surface area contributed by atoms with Gasteiger partial charge in [-0.2, -0.15) is 9.61 Å². The van der Waals surface area contributed by atoms with E-state index in [2.05, 4.69) is 25.3 Å². The molecule has 4 heterocycles. The van der Waals surface area contributed by atoms with E-state index in [0.717, 1.165) is 17.8 Å². The lowest BCUT2D eigenvalue weighted by Gasteiger charge is -2.40. The van der Waals surface area contributed by atoms with Crippen molar-refractivity contribution in [3.63, 3.8) is 0 Å². The quantitative estimate of drug-likeness (QED) is 0.361. The molecule has 1 aliphatic heterocycles. The SMILES string of the molecule is CC1CN(c2ccncc2Nc2ncc3ccc(-c4c(F)cc(O)cc4F)nn23)CC(N)C1O. The smallest absolute Gasteiger partial charge is 0.229 e. The zero-order valence-electron chi connectivity index (χ0n) is 18.2. The van der Waals surface area contributed by atoms with Gasteiger partial charge in [-0.3, -0.25) is 4.98 Å². The maximum absolute atomic E-state index is 14.4. The summed E-state index contributed by atoms with van der Waals surface area (Å²) in [5, 5.41) is 27.2. The summed E-state index contributed by atoms with van der Waals surface area (Å²) in [6.07, 6.45) is 4.31. The molecule has 11 heteroatoms. The van der Waals surface area contributed by atoms with Crippen LogP contribution in [0.3, 0.4) is 0 Å². The van der Waals surface area contributed by atoms with Gasteiger partial charge in [0.2, 0.25) is 5.95 Å². The Morgan fingerprint density at radius 3 is 2.62 bits per heavy atom. The number of aliphatic hydroxyl groups excluding tert-OH is 1. The summed E-state index contributed by atoms with van der Waals surface area (Å²) in [5.74, 6) is -2.05. The minimum Gasteiger partial charge on any atom is -0.508 e. The molecular weight excluding hydrogens is 444 g/mol. The van der Waals surface area contributed by atoms with E-state index in [1.54, 1.807) is 24.7 Å². The van der Waals surface area contributed by atoms with Crippen LogP contribution in [0.25, 0.3) is 16.8 Å². The number of rotatable bonds is 4. The van der Waals surface area contributed by atoms with Gasteiger partial charge in [0.05, 0.1) is 46.6 Å². The minimum absolute atomic E-state index is 0.0173. The van der Waals surface area contributed by atoms with Gasteiger partial charge in [-0.05, 0) is 18.2 Å². The van der Waals surface area contributed by atoms with Crippen LogP contribution in [-0.2, 0) is 0 Å². The van der Waals surface area contributed by atoms with Crippen molar-refractivity contribution in [2.75, 3.05) is 23.3 Å². The number of benzene rings is 1. The first-order valence-corrected chi connectivity index (χ1v) is 10.7. The van der Waals surface area contributed by atoms with E-state index in [4.69, 9.17) is 5.73 Å². The van der Waals surface area contributed by atoms with Crippen LogP contribution >= 0.6 is 0 Å². The number of pyridine rings is 1. The molecule has 1 aromatic carbocycles. The van der Waals surface area contributed by atoms with Crippen molar-refractivity contribution in [1.82, 2.24) is 19.6 Å². The second kappa shape index (κ2) is 8.50. The maximum Gasteiger partial charge on any atom is 0.229 e. The van der Waals surface area contributed by atoms with Crippen molar-refractivity contribution in [3.8, 4) is 17.0 Å². The monoisotopic (exact) mass is 467 g/mol. The number of aliphatic hydroxyl groups is 1. The normalized spacial score (nSPS) is 20.6. The Morgan fingerprint density at radius 2 is 1.88 bits per heavy atom. The lowest BCUT2D eigenvalue weighted by atomic mass is 9.92. The van der Waals surface area contributed by atoms with Crippen LogP contribution in [0.5, 0.6) is 5.75 Å². The van der Waals surface area contributed by atoms with E-state index < -0.39 is 29.5 Å². The van der Waals surface area contributed by atoms with Crippen LogP contribution in [0, 0.1) is 17.6 Å². The molecule has 1 saturated heterocycles. The van der Waals surface area contributed by atoms with Crippen molar-refractivity contribution >= 4 is 22.8 Å². The van der Waals surface area contributed by atoms with E-state index in [1.807, 2.05) is 13.0 Å². The zero-order valence-corrected chi connectivity index (χ0v) is 18.2. The molecule has 0 amide bonds. The number of imidazole rings is 1. The van der Waals surface area contributed by atoms with Gasteiger partial charge in [-0.15, -0.1) is 0 Å². The van der Waals surface area contributed by atoms with Gasteiger partial charge < -0.3 is 26.2 Å². The van der Waals surface area contributed by atoms with Crippen LogP contribution in [0.4, 0.5) is 26.1 Å². The first kappa shape index (κ1) is 22.0. The third kappa shape index (κ3) is 3.88. The highest BCUT2D eigenvalue weighted by Crippen LogP contribution is 2.32. The molecule has 0 radical (unpaired) electrons. The molecule has 0 bridgehead atoms. The maximum atomic E-state index is 14.4. The lowest BCUT2D eigenvalue weighted by Crippen LogP contribution is -2.55. The number of hydrogen-bond donors (Lipinski definition) is 4. The standard InChI is InChI=1S/C23H23F2N7O2/c1-12-10-31(11-17(26)22(12)34)20-4-5-27-9-19(20)29-23-28-8-13-2-3-18(30-32(13)23)21-15(24)6-14(33)7-16(21)25/h2-9,12,17,22,33-34H,10-11,26H2,1H3,(H,28,29). The summed E-state index contributed by atoms with van der Waals surface area (Å²) in [4.78, 5) is 10.6. The van der Waals surface area contributed by atoms with Crippen molar-refractivity contribution < 1.29 is 19.0 Å². The van der Waals surface area contributed by atoms with Crippen LogP contribution < -0.4 is 16.0 Å². The fraction of sp³-hybridized carbons (Fsp3) is 0.261. The van der Waals surface area contributed by atoms with E-state index >= 15 is 0 Å². The molecule has 3 atom stereocenters. The number of anilines is 3. The molecule has 5 rings (SSSR count). The molecule has 5 N–H and O–H groups in total. The van der Waals surface area contributed by atoms with Gasteiger partial charge in [0.15, 0.2) is 0 Å². The predicted octanol–water partition coefficient (Wildman–Crippen LogP) is 2.66. The number of aromatic hydroxyl groups is 1. The first-order valence-electron chi connectivity index (χ1n) is 10.7. The van der Waals surface area contributed by atoms with Crippen molar-refractivity contribution in [2.45, 2.75) is 19.1 Å². The third-order valence-corrected chi connectivity index (χ3v) is 6.01. The van der Waals surface area contributed by atoms with Gasteiger partial charge in [-0.25, -0.2) is 13.8 Å². The average molecular weight is 467 g/mol. The van der Waals surface area contributed by atoms with E-state index in [1.165, 1.54) is 10.6 Å². The summed E-state index contributed by atoms with van der Waals surface area (Å²) in [7, 11) is 0. The molecule has 0 aliphatic carbocycles. The predicted molar refractivity (Wildman–Crippen MR) is 123 cm³/mol. The fourth-order valence-corrected chi connectivity index (χ4v) is 4.30. The summed E-state index contributed by atoms with van der Waals surface area (Å²) < 4.78 is 30.2. The molecule has 0 saturated carbocycles. The van der Waals surface area contributed by atoms with Gasteiger partial charge in [-0.1, -0.05) is 6.92 Å². The van der Waals surface area contributed by atoms with Crippen LogP contribution in [-0.4, -0.2) is 55.0 Å². The topological polar surface area (TPSA) is 125 Å². The Hall–Kier alpha value is -3.83. The molecule has 0 spiro atoms. The Labute approximate surface area is 193 Å². The molecule has 34 heavy (non-hydrogen) atoms. The second-order valence-electron chi connectivity index (χ2n) is 8.48. The minimum atomic E-state index is -0.925. The Bertz CT molecular complexity index is 1330. The van der Waals surface area contributed by atoms with E-state index in [-0.39, 0.29) is 17.2 Å². The van der Waals surface area contributed by atoms with E-state index in [9.17, 15) is 19.0 Å². The average Bonchev–Trinajstić information content (AvgIpc) is 3.19. The van der Waals surface area contributed by atoms with Crippen molar-refractivity contribution in [1.29, 1.82) is 0 Å². The molecule has 1 aliphatic rings. The Morgan fingerprint density at radius 1 is 1.12 bits per heavy atom. The van der Waals surface area contributed by atoms with Gasteiger partial charge in [0, 0.05) is 43.4 Å². The number of nitrogens with two attached hydrogens (primary N) is 1. The lowest BCUT2D eigenvalue weighted by molar-refractivity contribution is 0.0785. The zero-order chi connectivity index (χ0) is 24.0. The largest absolute Gasteiger partial charge is 0.508 e. The number of hydrogen-bond acceptors (Lipinski definition) is 8. The Balaban J connectivity index is 1.51. The number of piperidine rings is 1. The van der Waals surface area contributed by atoms with Crippen molar-refractivity contribution in [3.05, 3.63) is 60.6 Å². The summed E-state index contributed by atoms with van der Waals surface area (Å²) in [5.41, 5.74) is 7.89. The van der Waals surface area contributed by atoms with Gasteiger partial charge >= 0.3 is 0 Å². The van der Waals surface area contributed by atoms with Crippen molar-refractivity contribution in [2.24, 2.45) is 11.7 Å². The van der Waals surface area contributed by atoms with Gasteiger partial charge in [0.25, 0.3) is 0 Å². The number of halogens is 2. The molecule has 176 valence electrons. The number of aromatic nitrogens is 4. The number of phenols is 1. The summed E-state index contributed by atoms with van der Waals surface area (Å²) in [6, 6.07) is 6.24. The number of nitrogens with zero attached hydrogens (tertiary/aromatic N) is 5. The molecule has 3 unspecified atom stereocenters. The second-order valence-corrected chi connectivity index (χ2v) is 8.48. The highest BCUT2D eigenvalue weighted by molar-refractivity contribution is 5.74. The number of fused-ring (bicyclic) bond motifs is 1. The molecule has 1 fully saturated rings. The third-order valence-electron chi connectivity index (χ3n) is 6.01.